The molecule has 2 N–H and O–H groups in total. The lowest BCUT2D eigenvalue weighted by Gasteiger charge is -2.34. The number of piperidine rings is 1. The summed E-state index contributed by atoms with van der Waals surface area (Å²) in [5.74, 6) is 0.499. The van der Waals surface area contributed by atoms with E-state index < -0.39 is 5.41 Å². The van der Waals surface area contributed by atoms with Crippen LogP contribution in [0.2, 0.25) is 5.02 Å². The van der Waals surface area contributed by atoms with Crippen molar-refractivity contribution in [3.63, 3.8) is 0 Å². The lowest BCUT2D eigenvalue weighted by atomic mass is 9.82. The quantitative estimate of drug-likeness (QED) is 0.893. The van der Waals surface area contributed by atoms with Gasteiger partial charge in [0.15, 0.2) is 0 Å². The van der Waals surface area contributed by atoms with Gasteiger partial charge in [-0.2, -0.15) is 0 Å². The lowest BCUT2D eigenvalue weighted by Crippen LogP contribution is -2.52. The van der Waals surface area contributed by atoms with Gasteiger partial charge in [-0.05, 0) is 50.9 Å². The van der Waals surface area contributed by atoms with E-state index in [1.54, 1.807) is 0 Å². The third-order valence-corrected chi connectivity index (χ3v) is 4.55. The first kappa shape index (κ1) is 18.3. The van der Waals surface area contributed by atoms with Gasteiger partial charge in [0.25, 0.3) is 0 Å². The maximum absolute atomic E-state index is 12.6. The van der Waals surface area contributed by atoms with Crippen LogP contribution >= 0.6 is 24.0 Å². The van der Waals surface area contributed by atoms with Gasteiger partial charge in [-0.25, -0.2) is 0 Å². The summed E-state index contributed by atoms with van der Waals surface area (Å²) in [6.07, 6.45) is 0.978. The van der Waals surface area contributed by atoms with E-state index in [1.165, 1.54) is 0 Å². The number of carbonyl (C=O) groups is 1. The Morgan fingerprint density at radius 2 is 2.05 bits per heavy atom. The summed E-state index contributed by atoms with van der Waals surface area (Å²) in [4.78, 5) is 12.6. The summed E-state index contributed by atoms with van der Waals surface area (Å²) in [6.45, 7) is 7.93. The highest BCUT2D eigenvalue weighted by Crippen LogP contribution is 2.30. The number of hydrogen-bond donors (Lipinski definition) is 2. The maximum Gasteiger partial charge on any atom is 0.230 e. The third kappa shape index (κ3) is 4.12. The Morgan fingerprint density at radius 1 is 1.38 bits per heavy atom. The van der Waals surface area contributed by atoms with Gasteiger partial charge < -0.3 is 10.6 Å². The van der Waals surface area contributed by atoms with Crippen LogP contribution in [0.15, 0.2) is 24.3 Å². The maximum atomic E-state index is 12.6. The third-order valence-electron chi connectivity index (χ3n) is 4.22. The molecular formula is C16H24Cl2N2O. The minimum atomic E-state index is -0.622. The molecule has 0 saturated carbocycles. The van der Waals surface area contributed by atoms with Crippen LogP contribution in [0.5, 0.6) is 0 Å². The van der Waals surface area contributed by atoms with Gasteiger partial charge >= 0.3 is 0 Å². The second-order valence-corrected chi connectivity index (χ2v) is 6.56. The molecule has 2 atom stereocenters. The van der Waals surface area contributed by atoms with Crippen molar-refractivity contribution in [2.24, 2.45) is 5.92 Å². The van der Waals surface area contributed by atoms with Crippen LogP contribution in [0, 0.1) is 5.92 Å². The van der Waals surface area contributed by atoms with Crippen LogP contribution in [0.1, 0.15) is 32.8 Å². The summed E-state index contributed by atoms with van der Waals surface area (Å²) in [7, 11) is 0. The van der Waals surface area contributed by atoms with Gasteiger partial charge in [-0.3, -0.25) is 4.79 Å². The number of rotatable bonds is 3. The van der Waals surface area contributed by atoms with E-state index >= 15 is 0 Å². The average Bonchev–Trinajstić information content (AvgIpc) is 2.41. The number of benzene rings is 1. The lowest BCUT2D eigenvalue weighted by molar-refractivity contribution is -0.126. The summed E-state index contributed by atoms with van der Waals surface area (Å²) in [5, 5.41) is 7.19. The van der Waals surface area contributed by atoms with E-state index in [9.17, 15) is 4.79 Å². The normalized spacial score (nSPS) is 22.3. The molecule has 1 aliphatic heterocycles. The monoisotopic (exact) mass is 330 g/mol. The molecule has 1 amide bonds. The van der Waals surface area contributed by atoms with Crippen LogP contribution in [0.3, 0.4) is 0 Å². The Kier molecular flexibility index (Phi) is 6.51. The van der Waals surface area contributed by atoms with Crippen LogP contribution in [-0.4, -0.2) is 25.0 Å². The van der Waals surface area contributed by atoms with Crippen molar-refractivity contribution < 1.29 is 4.79 Å². The molecule has 0 bridgehead atoms. The van der Waals surface area contributed by atoms with Crippen molar-refractivity contribution in [1.29, 1.82) is 0 Å². The smallest absolute Gasteiger partial charge is 0.230 e. The highest BCUT2D eigenvalue weighted by Gasteiger charge is 2.34. The SMILES string of the molecule is CC1CNCCC1NC(=O)C(C)(C)c1ccccc1Cl.Cl. The molecule has 1 aromatic carbocycles. The number of halogens is 2. The van der Waals surface area contributed by atoms with E-state index in [4.69, 9.17) is 11.6 Å². The molecule has 118 valence electrons. The van der Waals surface area contributed by atoms with Crippen LogP contribution < -0.4 is 10.6 Å². The predicted molar refractivity (Wildman–Crippen MR) is 90.3 cm³/mol. The molecule has 1 aliphatic rings. The zero-order chi connectivity index (χ0) is 14.8. The topological polar surface area (TPSA) is 41.1 Å². The first-order valence-corrected chi connectivity index (χ1v) is 7.57. The zero-order valence-electron chi connectivity index (χ0n) is 12.8. The Balaban J connectivity index is 0.00000220. The largest absolute Gasteiger partial charge is 0.352 e. The number of hydrogen-bond acceptors (Lipinski definition) is 2. The van der Waals surface area contributed by atoms with Gasteiger partial charge in [0.2, 0.25) is 5.91 Å². The van der Waals surface area contributed by atoms with E-state index in [1.807, 2.05) is 38.1 Å². The molecule has 0 spiro atoms. The molecular weight excluding hydrogens is 307 g/mol. The van der Waals surface area contributed by atoms with Gasteiger partial charge in [0, 0.05) is 11.1 Å². The van der Waals surface area contributed by atoms with Crippen molar-refractivity contribution in [3.8, 4) is 0 Å². The molecule has 0 aromatic heterocycles. The van der Waals surface area contributed by atoms with Crippen molar-refractivity contribution in [3.05, 3.63) is 34.9 Å². The highest BCUT2D eigenvalue weighted by molar-refractivity contribution is 6.31. The fourth-order valence-corrected chi connectivity index (χ4v) is 3.04. The minimum Gasteiger partial charge on any atom is -0.352 e. The zero-order valence-corrected chi connectivity index (χ0v) is 14.4. The molecule has 1 aromatic rings. The van der Waals surface area contributed by atoms with Crippen LogP contribution in [0.4, 0.5) is 0 Å². The molecule has 1 fully saturated rings. The molecule has 2 unspecified atom stereocenters. The van der Waals surface area contributed by atoms with Crippen LogP contribution in [-0.2, 0) is 10.2 Å². The van der Waals surface area contributed by atoms with Gasteiger partial charge in [0.1, 0.15) is 0 Å². The van der Waals surface area contributed by atoms with Crippen molar-refractivity contribution in [1.82, 2.24) is 10.6 Å². The first-order chi connectivity index (χ1) is 9.43. The highest BCUT2D eigenvalue weighted by atomic mass is 35.5. The summed E-state index contributed by atoms with van der Waals surface area (Å²) < 4.78 is 0. The second kappa shape index (κ2) is 7.48. The fourth-order valence-electron chi connectivity index (χ4n) is 2.67. The van der Waals surface area contributed by atoms with Crippen molar-refractivity contribution in [2.75, 3.05) is 13.1 Å². The van der Waals surface area contributed by atoms with E-state index in [0.717, 1.165) is 25.1 Å². The fraction of sp³-hybridized carbons (Fsp3) is 0.562. The predicted octanol–water partition coefficient (Wildman–Crippen LogP) is 3.15. The Bertz CT molecular complexity index is 491. The molecule has 21 heavy (non-hydrogen) atoms. The van der Waals surface area contributed by atoms with Crippen molar-refractivity contribution >= 4 is 29.9 Å². The molecule has 0 aliphatic carbocycles. The summed E-state index contributed by atoms with van der Waals surface area (Å²) >= 11 is 6.23. The minimum absolute atomic E-state index is 0. The summed E-state index contributed by atoms with van der Waals surface area (Å²) in [6, 6.07) is 7.80. The first-order valence-electron chi connectivity index (χ1n) is 7.19. The van der Waals surface area contributed by atoms with E-state index in [0.29, 0.717) is 10.9 Å². The Hall–Kier alpha value is -0.770. The van der Waals surface area contributed by atoms with Gasteiger partial charge in [-0.1, -0.05) is 36.7 Å². The Morgan fingerprint density at radius 3 is 2.67 bits per heavy atom. The second-order valence-electron chi connectivity index (χ2n) is 6.15. The number of amides is 1. The van der Waals surface area contributed by atoms with E-state index in [-0.39, 0.29) is 24.4 Å². The number of carbonyl (C=O) groups excluding carboxylic acids is 1. The molecule has 5 heteroatoms. The molecule has 0 radical (unpaired) electrons. The summed E-state index contributed by atoms with van der Waals surface area (Å²) in [5.41, 5.74) is 0.254. The molecule has 1 heterocycles. The van der Waals surface area contributed by atoms with E-state index in [2.05, 4.69) is 17.6 Å². The van der Waals surface area contributed by atoms with Crippen molar-refractivity contribution in [2.45, 2.75) is 38.6 Å². The molecule has 2 rings (SSSR count). The number of nitrogens with one attached hydrogen (secondary N) is 2. The average molecular weight is 331 g/mol. The van der Waals surface area contributed by atoms with Crippen LogP contribution in [0.25, 0.3) is 0 Å². The van der Waals surface area contributed by atoms with Gasteiger partial charge in [-0.15, -0.1) is 12.4 Å². The molecule has 3 nitrogen and oxygen atoms in total. The molecule has 1 saturated heterocycles. The Labute approximate surface area is 138 Å². The van der Waals surface area contributed by atoms with Gasteiger partial charge in [0.05, 0.1) is 5.41 Å². The standard InChI is InChI=1S/C16H23ClN2O.ClH/c1-11-10-18-9-8-14(11)19-15(20)16(2,3)12-6-4-5-7-13(12)17;/h4-7,11,14,18H,8-10H2,1-3H3,(H,19,20);1H.